The number of aryl methyl sites for hydroxylation is 1. The molecule has 4 aromatic rings. The van der Waals surface area contributed by atoms with E-state index in [0.717, 1.165) is 11.1 Å². The number of nitrogens with zero attached hydrogens (tertiary/aromatic N) is 1. The number of hydrogen-bond acceptors (Lipinski definition) is 4. The highest BCUT2D eigenvalue weighted by Gasteiger charge is 2.17. The zero-order chi connectivity index (χ0) is 19.0. The largest absolute Gasteiger partial charge is 0.436 e. The van der Waals surface area contributed by atoms with Crippen LogP contribution in [-0.4, -0.2) is 13.4 Å². The second kappa shape index (κ2) is 6.72. The molecule has 27 heavy (non-hydrogen) atoms. The molecule has 7 heteroatoms. The summed E-state index contributed by atoms with van der Waals surface area (Å²) in [6.45, 7) is 1.89. The summed E-state index contributed by atoms with van der Waals surface area (Å²) in [5, 5.41) is 0.283. The topological polar surface area (TPSA) is 72.2 Å². The van der Waals surface area contributed by atoms with Crippen LogP contribution in [0.1, 0.15) is 5.56 Å². The molecule has 0 fully saturated rings. The van der Waals surface area contributed by atoms with Crippen molar-refractivity contribution in [3.8, 4) is 11.5 Å². The monoisotopic (exact) mass is 398 g/mol. The lowest BCUT2D eigenvalue weighted by atomic mass is 10.2. The van der Waals surface area contributed by atoms with Gasteiger partial charge in [0.05, 0.1) is 15.6 Å². The van der Waals surface area contributed by atoms with Crippen LogP contribution in [0.3, 0.4) is 0 Å². The van der Waals surface area contributed by atoms with Crippen molar-refractivity contribution in [1.29, 1.82) is 0 Å². The fourth-order valence-corrected chi connectivity index (χ4v) is 3.94. The van der Waals surface area contributed by atoms with Gasteiger partial charge in [0.1, 0.15) is 5.52 Å². The molecular weight excluding hydrogens is 384 g/mol. The number of hydrogen-bond donors (Lipinski definition) is 1. The molecule has 0 amide bonds. The first kappa shape index (κ1) is 17.6. The highest BCUT2D eigenvalue weighted by Crippen LogP contribution is 2.31. The van der Waals surface area contributed by atoms with E-state index in [9.17, 15) is 8.42 Å². The second-order valence-corrected chi connectivity index (χ2v) is 8.19. The lowest BCUT2D eigenvalue weighted by molar-refractivity contribution is 0.601. The molecule has 136 valence electrons. The number of rotatable bonds is 4. The number of benzene rings is 3. The van der Waals surface area contributed by atoms with Crippen molar-refractivity contribution < 1.29 is 12.8 Å². The van der Waals surface area contributed by atoms with E-state index in [4.69, 9.17) is 16.0 Å². The predicted octanol–water partition coefficient (Wildman–Crippen LogP) is 5.26. The fourth-order valence-electron chi connectivity index (χ4n) is 2.65. The van der Waals surface area contributed by atoms with Gasteiger partial charge in [0, 0.05) is 5.56 Å². The third-order valence-corrected chi connectivity index (χ3v) is 5.79. The smallest absolute Gasteiger partial charge is 0.261 e. The van der Waals surface area contributed by atoms with Crippen molar-refractivity contribution in [3.05, 3.63) is 77.3 Å². The summed E-state index contributed by atoms with van der Waals surface area (Å²) in [7, 11) is -3.76. The van der Waals surface area contributed by atoms with E-state index in [1.165, 1.54) is 0 Å². The molecule has 0 aliphatic heterocycles. The van der Waals surface area contributed by atoms with Crippen molar-refractivity contribution in [2.45, 2.75) is 11.8 Å². The summed E-state index contributed by atoms with van der Waals surface area (Å²) in [6.07, 6.45) is 0. The average Bonchev–Trinajstić information content (AvgIpc) is 3.08. The molecule has 4 rings (SSSR count). The maximum absolute atomic E-state index is 12.6. The number of sulfonamides is 1. The van der Waals surface area contributed by atoms with E-state index < -0.39 is 10.0 Å². The van der Waals surface area contributed by atoms with Gasteiger partial charge in [0.15, 0.2) is 5.58 Å². The van der Waals surface area contributed by atoms with Gasteiger partial charge in [-0.15, -0.1) is 0 Å². The van der Waals surface area contributed by atoms with Gasteiger partial charge in [-0.1, -0.05) is 41.4 Å². The van der Waals surface area contributed by atoms with Crippen LogP contribution in [-0.2, 0) is 10.0 Å². The van der Waals surface area contributed by atoms with E-state index in [1.54, 1.807) is 42.5 Å². The Hall–Kier alpha value is -2.83. The molecule has 1 heterocycles. The number of halogens is 1. The predicted molar refractivity (Wildman–Crippen MR) is 106 cm³/mol. The van der Waals surface area contributed by atoms with Crippen LogP contribution in [0.4, 0.5) is 5.69 Å². The van der Waals surface area contributed by atoms with Crippen LogP contribution < -0.4 is 4.72 Å². The maximum atomic E-state index is 12.6. The second-order valence-electron chi connectivity index (χ2n) is 6.10. The molecule has 0 radical (unpaired) electrons. The number of aromatic nitrogens is 1. The quantitative estimate of drug-likeness (QED) is 0.509. The van der Waals surface area contributed by atoms with Crippen LogP contribution in [0.2, 0.25) is 5.02 Å². The minimum atomic E-state index is -3.76. The highest BCUT2D eigenvalue weighted by molar-refractivity contribution is 7.92. The van der Waals surface area contributed by atoms with E-state index in [0.29, 0.717) is 17.0 Å². The van der Waals surface area contributed by atoms with Crippen molar-refractivity contribution >= 4 is 38.4 Å². The number of anilines is 1. The molecule has 0 spiro atoms. The number of para-hydroxylation sites is 2. The Morgan fingerprint density at radius 1 is 1.00 bits per heavy atom. The summed E-state index contributed by atoms with van der Waals surface area (Å²) in [6, 6.07) is 18.9. The zero-order valence-corrected chi connectivity index (χ0v) is 15.9. The molecule has 0 unspecified atom stereocenters. The lowest BCUT2D eigenvalue weighted by Gasteiger charge is -2.11. The van der Waals surface area contributed by atoms with Gasteiger partial charge in [-0.2, -0.15) is 0 Å². The molecule has 0 bridgehead atoms. The average molecular weight is 399 g/mol. The molecule has 0 aliphatic carbocycles. The minimum absolute atomic E-state index is 0.163. The van der Waals surface area contributed by atoms with Crippen LogP contribution >= 0.6 is 11.6 Å². The third kappa shape index (κ3) is 3.54. The molecule has 5 nitrogen and oxygen atoms in total. The van der Waals surface area contributed by atoms with Gasteiger partial charge < -0.3 is 4.42 Å². The maximum Gasteiger partial charge on any atom is 0.261 e. The highest BCUT2D eigenvalue weighted by atomic mass is 35.5. The van der Waals surface area contributed by atoms with Gasteiger partial charge in [0.25, 0.3) is 10.0 Å². The molecule has 1 aromatic heterocycles. The number of fused-ring (bicyclic) bond motifs is 1. The van der Waals surface area contributed by atoms with E-state index in [-0.39, 0.29) is 15.6 Å². The summed E-state index contributed by atoms with van der Waals surface area (Å²) in [4.78, 5) is 4.59. The van der Waals surface area contributed by atoms with Crippen molar-refractivity contribution in [1.82, 2.24) is 4.98 Å². The fraction of sp³-hybridized carbons (Fsp3) is 0.0500. The lowest BCUT2D eigenvalue weighted by Crippen LogP contribution is -2.13. The standard InChI is InChI=1S/C20H15ClN2O3S/c1-13-6-9-15(10-7-13)27(24,25)23-18-12-14(8-11-16(18)21)20-22-17-4-2-3-5-19(17)26-20/h2-12,23H,1H3. The summed E-state index contributed by atoms with van der Waals surface area (Å²) in [5.41, 5.74) is 3.24. The van der Waals surface area contributed by atoms with Gasteiger partial charge in [-0.05, 0) is 49.4 Å². The van der Waals surface area contributed by atoms with Gasteiger partial charge >= 0.3 is 0 Å². The molecule has 0 saturated carbocycles. The number of nitrogens with one attached hydrogen (secondary N) is 1. The van der Waals surface area contributed by atoms with Crippen molar-refractivity contribution in [2.24, 2.45) is 0 Å². The summed E-state index contributed by atoms with van der Waals surface area (Å²) < 4.78 is 33.6. The Bertz CT molecular complexity index is 1200. The van der Waals surface area contributed by atoms with Crippen LogP contribution in [0, 0.1) is 6.92 Å². The van der Waals surface area contributed by atoms with Gasteiger partial charge in [0.2, 0.25) is 5.89 Å². The Morgan fingerprint density at radius 3 is 2.48 bits per heavy atom. The van der Waals surface area contributed by atoms with E-state index in [2.05, 4.69) is 9.71 Å². The first-order valence-corrected chi connectivity index (χ1v) is 10.0. The molecule has 0 aliphatic rings. The summed E-state index contributed by atoms with van der Waals surface area (Å²) >= 11 is 6.20. The van der Waals surface area contributed by atoms with Gasteiger partial charge in [-0.25, -0.2) is 13.4 Å². The minimum Gasteiger partial charge on any atom is -0.436 e. The Kier molecular flexibility index (Phi) is 4.37. The zero-order valence-electron chi connectivity index (χ0n) is 14.3. The summed E-state index contributed by atoms with van der Waals surface area (Å²) in [5.74, 6) is 0.392. The van der Waals surface area contributed by atoms with Crippen molar-refractivity contribution in [2.75, 3.05) is 4.72 Å². The van der Waals surface area contributed by atoms with Gasteiger partial charge in [-0.3, -0.25) is 4.72 Å². The Balaban J connectivity index is 1.71. The van der Waals surface area contributed by atoms with Crippen LogP contribution in [0.25, 0.3) is 22.6 Å². The third-order valence-electron chi connectivity index (χ3n) is 4.08. The molecule has 0 saturated heterocycles. The SMILES string of the molecule is Cc1ccc(S(=O)(=O)Nc2cc(-c3nc4ccccc4o3)ccc2Cl)cc1. The first-order chi connectivity index (χ1) is 12.9. The van der Waals surface area contributed by atoms with Crippen LogP contribution in [0.5, 0.6) is 0 Å². The van der Waals surface area contributed by atoms with E-state index >= 15 is 0 Å². The van der Waals surface area contributed by atoms with Crippen molar-refractivity contribution in [3.63, 3.8) is 0 Å². The molecular formula is C20H15ClN2O3S. The molecule has 3 aromatic carbocycles. The number of oxazole rings is 1. The van der Waals surface area contributed by atoms with Crippen LogP contribution in [0.15, 0.2) is 76.0 Å². The molecule has 1 N–H and O–H groups in total. The van der Waals surface area contributed by atoms with E-state index in [1.807, 2.05) is 31.2 Å². The normalized spacial score (nSPS) is 11.6. The molecule has 0 atom stereocenters. The first-order valence-electron chi connectivity index (χ1n) is 8.17. The Morgan fingerprint density at radius 2 is 1.74 bits per heavy atom. The Labute approximate surface area is 161 Å².